The lowest BCUT2D eigenvalue weighted by Gasteiger charge is -2.20. The van der Waals surface area contributed by atoms with Crippen molar-refractivity contribution in [2.24, 2.45) is 0 Å². The van der Waals surface area contributed by atoms with Gasteiger partial charge in [0.25, 0.3) is 6.10 Å². The smallest absolute Gasteiger partial charge is 0.355 e. The number of ether oxygens (including phenoxy) is 2. The number of carbonyl (C=O) groups excluding carboxylic acids is 5. The molecule has 0 aliphatic heterocycles. The monoisotopic (exact) mass is 742 g/mol. The van der Waals surface area contributed by atoms with Gasteiger partial charge >= 0.3 is 11.9 Å². The molecule has 158 valence electrons. The molecule has 29 heavy (non-hydrogen) atoms. The number of amides is 2. The summed E-state index contributed by atoms with van der Waals surface area (Å²) < 4.78 is 11.1. The number of rotatable bonds is 7. The number of nitrogens with one attached hydrogen (secondary N) is 2. The number of Topliss-reactive ketones (excluding diaryl/α,β-unsaturated/α-hetero) is 1. The maximum Gasteiger partial charge on any atom is 0.355 e. The molecule has 0 saturated carbocycles. The van der Waals surface area contributed by atoms with E-state index in [1.165, 1.54) is 13.8 Å². The number of halogens is 3. The van der Waals surface area contributed by atoms with E-state index in [0.29, 0.717) is 22.1 Å². The molecule has 0 saturated heterocycles. The fraction of sp³-hybridized carbons (Fsp3) is 0.353. The highest BCUT2D eigenvalue weighted by atomic mass is 127. The molecule has 0 heterocycles. The van der Waals surface area contributed by atoms with Crippen molar-refractivity contribution in [3.63, 3.8) is 0 Å². The summed E-state index contributed by atoms with van der Waals surface area (Å²) in [6.45, 7) is 5.27. The second-order valence-corrected chi connectivity index (χ2v) is 8.81. The Morgan fingerprint density at radius 2 is 1.31 bits per heavy atom. The van der Waals surface area contributed by atoms with E-state index < -0.39 is 23.8 Å². The van der Waals surface area contributed by atoms with E-state index in [2.05, 4.69) is 10.6 Å². The van der Waals surface area contributed by atoms with Gasteiger partial charge in [-0.1, -0.05) is 0 Å². The highest BCUT2D eigenvalue weighted by Crippen LogP contribution is 2.39. The topological polar surface area (TPSA) is 128 Å². The highest BCUT2D eigenvalue weighted by Gasteiger charge is 2.33. The van der Waals surface area contributed by atoms with Crippen molar-refractivity contribution < 1.29 is 33.4 Å². The van der Waals surface area contributed by atoms with Gasteiger partial charge in [-0.25, -0.2) is 9.59 Å². The van der Waals surface area contributed by atoms with E-state index in [1.807, 2.05) is 67.8 Å². The zero-order valence-corrected chi connectivity index (χ0v) is 22.2. The van der Waals surface area contributed by atoms with Gasteiger partial charge in [0.1, 0.15) is 0 Å². The average Bonchev–Trinajstić information content (AvgIpc) is 2.60. The fourth-order valence-electron chi connectivity index (χ4n) is 2.10. The molecule has 1 atom stereocenters. The average molecular weight is 742 g/mol. The van der Waals surface area contributed by atoms with E-state index in [4.69, 9.17) is 9.47 Å². The van der Waals surface area contributed by atoms with Crippen LogP contribution in [0.3, 0.4) is 0 Å². The van der Waals surface area contributed by atoms with Gasteiger partial charge in [0.2, 0.25) is 11.8 Å². The summed E-state index contributed by atoms with van der Waals surface area (Å²) in [6.07, 6.45) is -1.72. The van der Waals surface area contributed by atoms with Crippen molar-refractivity contribution in [2.75, 3.05) is 17.2 Å². The molecule has 2 amide bonds. The van der Waals surface area contributed by atoms with Crippen LogP contribution in [-0.2, 0) is 28.7 Å². The summed E-state index contributed by atoms with van der Waals surface area (Å²) in [5.74, 6) is -3.42. The van der Waals surface area contributed by atoms with E-state index >= 15 is 0 Å². The fourth-order valence-corrected chi connectivity index (χ4v) is 6.24. The van der Waals surface area contributed by atoms with Crippen LogP contribution in [0.25, 0.3) is 0 Å². The lowest BCUT2D eigenvalue weighted by atomic mass is 10.1. The molecule has 0 aromatic heterocycles. The Morgan fingerprint density at radius 1 is 0.862 bits per heavy atom. The minimum atomic E-state index is -1.72. The number of anilines is 2. The highest BCUT2D eigenvalue weighted by molar-refractivity contribution is 14.1. The Hall–Kier alpha value is -1.04. The number of esters is 2. The maximum absolute atomic E-state index is 12.9. The van der Waals surface area contributed by atoms with Crippen molar-refractivity contribution in [1.29, 1.82) is 0 Å². The second kappa shape index (κ2) is 11.4. The van der Waals surface area contributed by atoms with Crippen LogP contribution in [0, 0.1) is 10.7 Å². The van der Waals surface area contributed by atoms with Gasteiger partial charge in [-0.15, -0.1) is 0 Å². The molecule has 0 aliphatic carbocycles. The van der Waals surface area contributed by atoms with Crippen molar-refractivity contribution in [2.45, 2.75) is 33.8 Å². The molecular weight excluding hydrogens is 725 g/mol. The Balaban J connectivity index is 3.57. The number of ketones is 1. The third-order valence-electron chi connectivity index (χ3n) is 3.22. The van der Waals surface area contributed by atoms with Crippen LogP contribution in [0.4, 0.5) is 11.4 Å². The van der Waals surface area contributed by atoms with Gasteiger partial charge in [-0.05, 0) is 81.6 Å². The maximum atomic E-state index is 12.9. The number of hydrogen-bond acceptors (Lipinski definition) is 7. The van der Waals surface area contributed by atoms with Gasteiger partial charge in [-0.2, -0.15) is 0 Å². The lowest BCUT2D eigenvalue weighted by molar-refractivity contribution is -0.157. The van der Waals surface area contributed by atoms with Crippen LogP contribution in [0.5, 0.6) is 0 Å². The third kappa shape index (κ3) is 6.73. The Bertz CT molecular complexity index is 843. The quantitative estimate of drug-likeness (QED) is 0.250. The van der Waals surface area contributed by atoms with Crippen molar-refractivity contribution in [1.82, 2.24) is 0 Å². The SMILES string of the molecule is CCOC(=O)C(OC(=O)c1c(I)c(NC(C)=O)c(I)c(NC(C)=O)c1I)C(C)=O. The Kier molecular flexibility index (Phi) is 10.2. The molecule has 2 N–H and O–H groups in total. The van der Waals surface area contributed by atoms with Crippen LogP contribution in [-0.4, -0.2) is 42.2 Å². The Labute approximate surface area is 207 Å². The normalized spacial score (nSPS) is 11.3. The van der Waals surface area contributed by atoms with Crippen LogP contribution in [0.15, 0.2) is 0 Å². The molecule has 9 nitrogen and oxygen atoms in total. The number of benzene rings is 1. The van der Waals surface area contributed by atoms with E-state index in [1.54, 1.807) is 6.92 Å². The van der Waals surface area contributed by atoms with Gasteiger partial charge in [-0.3, -0.25) is 14.4 Å². The molecule has 12 heteroatoms. The zero-order valence-electron chi connectivity index (χ0n) is 15.8. The largest absolute Gasteiger partial charge is 0.463 e. The van der Waals surface area contributed by atoms with Crippen LogP contribution in [0.2, 0.25) is 0 Å². The molecule has 1 unspecified atom stereocenters. The summed E-state index contributed by atoms with van der Waals surface area (Å²) in [7, 11) is 0. The number of carbonyl (C=O) groups is 5. The minimum absolute atomic E-state index is 0.00494. The molecule has 0 aliphatic rings. The zero-order chi connectivity index (χ0) is 22.5. The summed E-state index contributed by atoms with van der Waals surface area (Å²) >= 11 is 5.64. The summed E-state index contributed by atoms with van der Waals surface area (Å²) in [6, 6.07) is 0. The molecule has 0 bridgehead atoms. The minimum Gasteiger partial charge on any atom is -0.463 e. The number of hydrogen-bond donors (Lipinski definition) is 2. The van der Waals surface area contributed by atoms with E-state index in [0.717, 1.165) is 6.92 Å². The van der Waals surface area contributed by atoms with Crippen LogP contribution < -0.4 is 10.6 Å². The van der Waals surface area contributed by atoms with Crippen molar-refractivity contribution in [3.8, 4) is 0 Å². The molecular formula is C17H17I3N2O7. The molecule has 1 aromatic carbocycles. The van der Waals surface area contributed by atoms with Crippen molar-refractivity contribution >= 4 is 109 Å². The summed E-state index contributed by atoms with van der Waals surface area (Å²) in [5.41, 5.74) is 0.588. The van der Waals surface area contributed by atoms with Gasteiger partial charge in [0.05, 0.1) is 34.3 Å². The van der Waals surface area contributed by atoms with Crippen molar-refractivity contribution in [3.05, 3.63) is 16.3 Å². The first-order valence-corrected chi connectivity index (χ1v) is 11.3. The van der Waals surface area contributed by atoms with E-state index in [-0.39, 0.29) is 24.0 Å². The summed E-state index contributed by atoms with van der Waals surface area (Å²) in [5, 5.41) is 5.24. The van der Waals surface area contributed by atoms with E-state index in [9.17, 15) is 24.0 Å². The predicted molar refractivity (Wildman–Crippen MR) is 130 cm³/mol. The first-order chi connectivity index (χ1) is 13.4. The molecule has 0 fully saturated rings. The molecule has 0 spiro atoms. The van der Waals surface area contributed by atoms with Crippen LogP contribution in [0.1, 0.15) is 38.1 Å². The molecule has 1 rings (SSSR count). The van der Waals surface area contributed by atoms with Gasteiger partial charge < -0.3 is 20.1 Å². The first kappa shape index (κ1) is 26.0. The lowest BCUT2D eigenvalue weighted by Crippen LogP contribution is -2.35. The van der Waals surface area contributed by atoms with Gasteiger partial charge in [0.15, 0.2) is 5.78 Å². The summed E-state index contributed by atoms with van der Waals surface area (Å²) in [4.78, 5) is 59.9. The molecule has 0 radical (unpaired) electrons. The second-order valence-electron chi connectivity index (χ2n) is 5.58. The Morgan fingerprint density at radius 3 is 1.66 bits per heavy atom. The molecule has 1 aromatic rings. The first-order valence-electron chi connectivity index (χ1n) is 8.05. The van der Waals surface area contributed by atoms with Crippen LogP contribution >= 0.6 is 67.8 Å². The van der Waals surface area contributed by atoms with Gasteiger partial charge in [0, 0.05) is 13.8 Å². The third-order valence-corrected chi connectivity index (χ3v) is 6.45. The standard InChI is InChI=1S/C17H17I3N2O7/c1-5-28-17(27)15(6(2)23)29-16(26)9-10(18)13(21-7(3)24)12(20)14(11(9)19)22-8(4)25/h15H,5H2,1-4H3,(H,21,24)(H,22,25). The predicted octanol–water partition coefficient (Wildman–Crippen LogP) is 3.09.